The second kappa shape index (κ2) is 8.93. The van der Waals surface area contributed by atoms with Gasteiger partial charge in [0.05, 0.1) is 5.69 Å². The van der Waals surface area contributed by atoms with E-state index < -0.39 is 5.91 Å². The summed E-state index contributed by atoms with van der Waals surface area (Å²) in [5, 5.41) is 18.2. The molecule has 0 spiro atoms. The highest BCUT2D eigenvalue weighted by molar-refractivity contribution is 6.10. The highest BCUT2D eigenvalue weighted by Gasteiger charge is 2.18. The van der Waals surface area contributed by atoms with Gasteiger partial charge < -0.3 is 9.73 Å². The molecule has 34 heavy (non-hydrogen) atoms. The zero-order chi connectivity index (χ0) is 23.5. The van der Waals surface area contributed by atoms with Gasteiger partial charge in [-0.25, -0.2) is 4.68 Å². The fourth-order valence-electron chi connectivity index (χ4n) is 3.64. The second-order valence-corrected chi connectivity index (χ2v) is 7.85. The average Bonchev–Trinajstić information content (AvgIpc) is 3.48. The van der Waals surface area contributed by atoms with E-state index in [2.05, 4.69) is 5.32 Å². The van der Waals surface area contributed by atoms with Crippen LogP contribution in [0, 0.1) is 18.3 Å². The predicted molar refractivity (Wildman–Crippen MR) is 132 cm³/mol. The number of hydrogen-bond donors (Lipinski definition) is 1. The number of furan rings is 1. The lowest BCUT2D eigenvalue weighted by molar-refractivity contribution is -0.112. The summed E-state index contributed by atoms with van der Waals surface area (Å²) in [4.78, 5) is 12.8. The van der Waals surface area contributed by atoms with E-state index in [9.17, 15) is 10.1 Å². The van der Waals surface area contributed by atoms with Crippen molar-refractivity contribution in [1.82, 2.24) is 9.78 Å². The van der Waals surface area contributed by atoms with Crippen LogP contribution in [0.4, 0.5) is 5.69 Å². The molecule has 164 valence electrons. The van der Waals surface area contributed by atoms with E-state index in [1.54, 1.807) is 29.1 Å². The van der Waals surface area contributed by atoms with Crippen molar-refractivity contribution in [1.29, 1.82) is 5.26 Å². The molecule has 6 nitrogen and oxygen atoms in total. The van der Waals surface area contributed by atoms with Gasteiger partial charge in [0.1, 0.15) is 22.9 Å². The smallest absolute Gasteiger partial charge is 0.266 e. The first kappa shape index (κ1) is 21.0. The van der Waals surface area contributed by atoms with Crippen molar-refractivity contribution in [2.24, 2.45) is 0 Å². The summed E-state index contributed by atoms with van der Waals surface area (Å²) in [6.45, 7) is 1.97. The third kappa shape index (κ3) is 4.23. The minimum Gasteiger partial charge on any atom is -0.454 e. The van der Waals surface area contributed by atoms with Crippen LogP contribution in [0.15, 0.2) is 101 Å². The first-order valence-corrected chi connectivity index (χ1v) is 10.7. The highest BCUT2D eigenvalue weighted by atomic mass is 16.3. The normalized spacial score (nSPS) is 11.4. The van der Waals surface area contributed by atoms with Gasteiger partial charge in [-0.15, -0.1) is 0 Å². The lowest BCUT2D eigenvalue weighted by Crippen LogP contribution is -2.13. The number of benzene rings is 3. The van der Waals surface area contributed by atoms with E-state index in [0.717, 1.165) is 22.2 Å². The fourth-order valence-corrected chi connectivity index (χ4v) is 3.64. The van der Waals surface area contributed by atoms with E-state index in [0.29, 0.717) is 22.7 Å². The molecule has 0 aliphatic heterocycles. The number of aromatic nitrogens is 2. The Morgan fingerprint density at radius 1 is 1.03 bits per heavy atom. The second-order valence-electron chi connectivity index (χ2n) is 7.85. The number of amides is 1. The molecule has 5 aromatic rings. The van der Waals surface area contributed by atoms with Gasteiger partial charge in [-0.3, -0.25) is 4.79 Å². The molecule has 2 aromatic heterocycles. The Morgan fingerprint density at radius 2 is 1.76 bits per heavy atom. The monoisotopic (exact) mass is 444 g/mol. The van der Waals surface area contributed by atoms with Gasteiger partial charge in [0, 0.05) is 22.8 Å². The summed E-state index contributed by atoms with van der Waals surface area (Å²) >= 11 is 0. The molecule has 5 rings (SSSR count). The number of nitrogens with one attached hydrogen (secondary N) is 1. The van der Waals surface area contributed by atoms with Gasteiger partial charge in [-0.1, -0.05) is 54.1 Å². The fraction of sp³-hybridized carbons (Fsp3) is 0.0357. The van der Waals surface area contributed by atoms with Crippen molar-refractivity contribution in [3.8, 4) is 23.2 Å². The molecule has 0 saturated heterocycles. The van der Waals surface area contributed by atoms with Crippen molar-refractivity contribution < 1.29 is 9.21 Å². The number of aryl methyl sites for hydroxylation is 1. The van der Waals surface area contributed by atoms with Crippen LogP contribution in [0.25, 0.3) is 34.2 Å². The van der Waals surface area contributed by atoms with E-state index >= 15 is 0 Å². The van der Waals surface area contributed by atoms with Crippen LogP contribution in [0.3, 0.4) is 0 Å². The summed E-state index contributed by atoms with van der Waals surface area (Å²) in [5.41, 5.74) is 4.38. The highest BCUT2D eigenvalue weighted by Crippen LogP contribution is 2.31. The first-order chi connectivity index (χ1) is 16.6. The van der Waals surface area contributed by atoms with Gasteiger partial charge in [0.2, 0.25) is 0 Å². The number of anilines is 1. The van der Waals surface area contributed by atoms with Crippen molar-refractivity contribution in [3.63, 3.8) is 0 Å². The zero-order valence-corrected chi connectivity index (χ0v) is 18.4. The molecule has 0 saturated carbocycles. The molecule has 0 radical (unpaired) electrons. The van der Waals surface area contributed by atoms with Gasteiger partial charge in [-0.05, 0) is 49.4 Å². The Labute approximate surface area is 196 Å². The van der Waals surface area contributed by atoms with Gasteiger partial charge in [0.25, 0.3) is 5.91 Å². The molecule has 1 amide bonds. The maximum Gasteiger partial charge on any atom is 0.266 e. The minimum absolute atomic E-state index is 0.0365. The third-order valence-electron chi connectivity index (χ3n) is 5.40. The molecule has 2 heterocycles. The number of para-hydroxylation sites is 2. The number of hydrogen-bond acceptors (Lipinski definition) is 4. The Bertz CT molecular complexity index is 1520. The molecule has 0 unspecified atom stereocenters. The van der Waals surface area contributed by atoms with Crippen LogP contribution < -0.4 is 5.32 Å². The Morgan fingerprint density at radius 3 is 2.50 bits per heavy atom. The molecule has 0 atom stereocenters. The summed E-state index contributed by atoms with van der Waals surface area (Å²) in [5.74, 6) is 0.0627. The molecule has 0 bridgehead atoms. The van der Waals surface area contributed by atoms with Crippen molar-refractivity contribution in [2.75, 3.05) is 5.32 Å². The number of fused-ring (bicyclic) bond motifs is 1. The predicted octanol–water partition coefficient (Wildman–Crippen LogP) is 6.14. The van der Waals surface area contributed by atoms with Crippen LogP contribution in [0.2, 0.25) is 0 Å². The number of nitrogens with zero attached hydrogens (tertiary/aromatic N) is 3. The van der Waals surface area contributed by atoms with Gasteiger partial charge in [-0.2, -0.15) is 10.4 Å². The minimum atomic E-state index is -0.491. The van der Waals surface area contributed by atoms with E-state index in [4.69, 9.17) is 9.52 Å². The lowest BCUT2D eigenvalue weighted by atomic mass is 10.1. The molecule has 6 heteroatoms. The molecule has 0 aliphatic carbocycles. The maximum absolute atomic E-state index is 12.8. The summed E-state index contributed by atoms with van der Waals surface area (Å²) in [6.07, 6.45) is 3.33. The van der Waals surface area contributed by atoms with E-state index in [-0.39, 0.29) is 5.57 Å². The van der Waals surface area contributed by atoms with E-state index in [1.807, 2.05) is 85.8 Å². The molecular formula is C28H20N4O2. The molecular weight excluding hydrogens is 424 g/mol. The number of rotatable bonds is 5. The quantitative estimate of drug-likeness (QED) is 0.261. The van der Waals surface area contributed by atoms with Gasteiger partial charge >= 0.3 is 0 Å². The maximum atomic E-state index is 12.8. The summed E-state index contributed by atoms with van der Waals surface area (Å²) in [6, 6.07) is 28.6. The largest absolute Gasteiger partial charge is 0.454 e. The molecule has 3 aromatic carbocycles. The standard InChI is InChI=1S/C28H20N4O2/c1-19-11-13-23(14-12-19)30-28(33)21(17-29)15-22-18-32(24-8-3-2-4-9-24)31-27(22)26-16-20-7-5-6-10-25(20)34-26/h2-16,18H,1H3,(H,30,33)/b21-15-. The van der Waals surface area contributed by atoms with Crippen molar-refractivity contribution in [2.45, 2.75) is 6.92 Å². The topological polar surface area (TPSA) is 83.9 Å². The SMILES string of the molecule is Cc1ccc(NC(=O)/C(C#N)=C\c2cn(-c3ccccc3)nc2-c2cc3ccccc3o2)cc1. The van der Waals surface area contributed by atoms with Crippen LogP contribution in [-0.4, -0.2) is 15.7 Å². The van der Waals surface area contributed by atoms with Crippen LogP contribution in [0.1, 0.15) is 11.1 Å². The zero-order valence-electron chi connectivity index (χ0n) is 18.4. The van der Waals surface area contributed by atoms with Gasteiger partial charge in [0.15, 0.2) is 5.76 Å². The summed E-state index contributed by atoms with van der Waals surface area (Å²) < 4.78 is 7.75. The third-order valence-corrected chi connectivity index (χ3v) is 5.40. The molecule has 1 N–H and O–H groups in total. The van der Waals surface area contributed by atoms with Crippen molar-refractivity contribution in [3.05, 3.63) is 108 Å². The number of nitriles is 1. The molecule has 0 fully saturated rings. The van der Waals surface area contributed by atoms with Crippen LogP contribution in [0.5, 0.6) is 0 Å². The number of carbonyl (C=O) groups excluding carboxylic acids is 1. The lowest BCUT2D eigenvalue weighted by Gasteiger charge is -2.04. The van der Waals surface area contributed by atoms with E-state index in [1.165, 1.54) is 0 Å². The Balaban J connectivity index is 1.57. The molecule has 0 aliphatic rings. The summed E-state index contributed by atoms with van der Waals surface area (Å²) in [7, 11) is 0. The Kier molecular flexibility index (Phi) is 5.51. The van der Waals surface area contributed by atoms with Crippen molar-refractivity contribution >= 4 is 28.6 Å². The average molecular weight is 444 g/mol. The number of carbonyl (C=O) groups is 1. The van der Waals surface area contributed by atoms with Crippen LogP contribution >= 0.6 is 0 Å². The first-order valence-electron chi connectivity index (χ1n) is 10.7. The van der Waals surface area contributed by atoms with Crippen LogP contribution in [-0.2, 0) is 4.79 Å². The Hall–Kier alpha value is -4.89.